The van der Waals surface area contributed by atoms with E-state index >= 15 is 0 Å². The number of nitrogens with two attached hydrogens (primary N) is 1. The molecule has 2 rings (SSSR count). The fraction of sp³-hybridized carbons (Fsp3) is 0.231. The first kappa shape index (κ1) is 12.8. The Balaban J connectivity index is 2.86. The van der Waals surface area contributed by atoms with E-state index in [2.05, 4.69) is 4.98 Å². The number of aryl methyl sites for hydroxylation is 1. The maximum absolute atomic E-state index is 11.6. The van der Waals surface area contributed by atoms with Crippen molar-refractivity contribution in [2.24, 2.45) is 5.73 Å². The number of hydrogen-bond donors (Lipinski definition) is 2. The fourth-order valence-corrected chi connectivity index (χ4v) is 2.29. The number of amides is 1. The average Bonchev–Trinajstić information content (AvgIpc) is 2.30. The number of carbonyl (C=O) groups excluding carboxylic acids is 1. The van der Waals surface area contributed by atoms with Gasteiger partial charge in [-0.15, -0.1) is 0 Å². The summed E-state index contributed by atoms with van der Waals surface area (Å²) in [6.45, 7) is 1.81. The highest BCUT2D eigenvalue weighted by atomic mass is 35.5. The maximum atomic E-state index is 11.6. The minimum atomic E-state index is -0.557. The Labute approximate surface area is 109 Å². The molecule has 5 heteroatoms. The molecule has 0 aliphatic heterocycles. The van der Waals surface area contributed by atoms with Crippen LogP contribution < -0.4 is 5.73 Å². The van der Waals surface area contributed by atoms with E-state index in [4.69, 9.17) is 22.4 Å². The zero-order valence-electron chi connectivity index (χ0n) is 9.90. The summed E-state index contributed by atoms with van der Waals surface area (Å²) in [5.74, 6) is -0.557. The first-order chi connectivity index (χ1) is 8.54. The van der Waals surface area contributed by atoms with Crippen molar-refractivity contribution in [2.75, 3.05) is 6.61 Å². The summed E-state index contributed by atoms with van der Waals surface area (Å²) >= 11 is 6.04. The van der Waals surface area contributed by atoms with Crippen LogP contribution in [0.2, 0.25) is 5.15 Å². The van der Waals surface area contributed by atoms with Gasteiger partial charge in [0.1, 0.15) is 5.15 Å². The average molecular weight is 265 g/mol. The molecule has 0 radical (unpaired) electrons. The number of hydrogen-bond acceptors (Lipinski definition) is 3. The highest BCUT2D eigenvalue weighted by Crippen LogP contribution is 2.27. The summed E-state index contributed by atoms with van der Waals surface area (Å²) in [5.41, 5.74) is 7.91. The number of aromatic nitrogens is 1. The smallest absolute Gasteiger partial charge is 0.249 e. The molecule has 18 heavy (non-hydrogen) atoms. The van der Waals surface area contributed by atoms with Gasteiger partial charge in [-0.25, -0.2) is 4.98 Å². The van der Waals surface area contributed by atoms with E-state index in [9.17, 15) is 4.79 Å². The van der Waals surface area contributed by atoms with Crippen LogP contribution in [0.25, 0.3) is 10.9 Å². The highest BCUT2D eigenvalue weighted by molar-refractivity contribution is 6.31. The zero-order valence-corrected chi connectivity index (χ0v) is 10.7. The lowest BCUT2D eigenvalue weighted by Crippen LogP contribution is -2.16. The summed E-state index contributed by atoms with van der Waals surface area (Å²) in [5, 5.41) is 9.93. The maximum Gasteiger partial charge on any atom is 0.249 e. The molecule has 1 aromatic heterocycles. The van der Waals surface area contributed by atoms with Gasteiger partial charge in [-0.1, -0.05) is 23.2 Å². The van der Waals surface area contributed by atoms with Crippen molar-refractivity contribution in [2.45, 2.75) is 13.3 Å². The molecule has 0 bridgehead atoms. The molecule has 0 unspecified atom stereocenters. The summed E-state index contributed by atoms with van der Waals surface area (Å²) in [7, 11) is 0. The molecular weight excluding hydrogens is 252 g/mol. The Morgan fingerprint density at radius 3 is 2.83 bits per heavy atom. The summed E-state index contributed by atoms with van der Waals surface area (Å²) < 4.78 is 0. The van der Waals surface area contributed by atoms with Crippen molar-refractivity contribution in [3.63, 3.8) is 0 Å². The lowest BCUT2D eigenvalue weighted by Gasteiger charge is -2.11. The summed E-state index contributed by atoms with van der Waals surface area (Å²) in [4.78, 5) is 15.9. The van der Waals surface area contributed by atoms with E-state index < -0.39 is 5.91 Å². The van der Waals surface area contributed by atoms with Gasteiger partial charge in [0.25, 0.3) is 0 Å². The molecule has 0 saturated carbocycles. The number of pyridine rings is 1. The molecule has 0 spiro atoms. The Morgan fingerprint density at radius 2 is 2.22 bits per heavy atom. The molecule has 0 saturated heterocycles. The number of carbonyl (C=O) groups is 1. The molecular formula is C13H13ClN2O2. The van der Waals surface area contributed by atoms with Crippen molar-refractivity contribution in [3.8, 4) is 0 Å². The number of primary amides is 1. The predicted octanol–water partition coefficient (Wildman–Crippen LogP) is 1.83. The van der Waals surface area contributed by atoms with Gasteiger partial charge in [0, 0.05) is 17.6 Å². The molecule has 1 aromatic carbocycles. The lowest BCUT2D eigenvalue weighted by molar-refractivity contribution is 0.100. The monoisotopic (exact) mass is 264 g/mol. The fourth-order valence-electron chi connectivity index (χ4n) is 2.01. The first-order valence-electron chi connectivity index (χ1n) is 5.54. The van der Waals surface area contributed by atoms with Gasteiger partial charge < -0.3 is 10.8 Å². The minimum absolute atomic E-state index is 0.112. The van der Waals surface area contributed by atoms with Gasteiger partial charge in [0.2, 0.25) is 5.91 Å². The second kappa shape index (κ2) is 4.92. The van der Waals surface area contributed by atoms with Crippen LogP contribution in [0.4, 0.5) is 0 Å². The SMILES string of the molecule is Cc1ccc2nc(Cl)c(CCO)c(C(N)=O)c2c1. The van der Waals surface area contributed by atoms with Gasteiger partial charge in [-0.3, -0.25) is 4.79 Å². The Morgan fingerprint density at radius 1 is 1.50 bits per heavy atom. The molecule has 1 heterocycles. The van der Waals surface area contributed by atoms with Gasteiger partial charge in [0.05, 0.1) is 11.1 Å². The van der Waals surface area contributed by atoms with Gasteiger partial charge >= 0.3 is 0 Å². The van der Waals surface area contributed by atoms with Crippen LogP contribution in [-0.2, 0) is 6.42 Å². The number of nitrogens with zero attached hydrogens (tertiary/aromatic N) is 1. The van der Waals surface area contributed by atoms with Crippen molar-refractivity contribution in [3.05, 3.63) is 40.0 Å². The van der Waals surface area contributed by atoms with Crippen LogP contribution in [0.5, 0.6) is 0 Å². The molecule has 3 N–H and O–H groups in total. The topological polar surface area (TPSA) is 76.2 Å². The van der Waals surface area contributed by atoms with Crippen molar-refractivity contribution >= 4 is 28.4 Å². The Hall–Kier alpha value is -1.65. The van der Waals surface area contributed by atoms with Crippen LogP contribution in [0, 0.1) is 6.92 Å². The van der Waals surface area contributed by atoms with E-state index in [1.54, 1.807) is 6.07 Å². The highest BCUT2D eigenvalue weighted by Gasteiger charge is 2.17. The molecule has 2 aromatic rings. The van der Waals surface area contributed by atoms with Gasteiger partial charge in [0.15, 0.2) is 0 Å². The van der Waals surface area contributed by atoms with Crippen LogP contribution in [0.15, 0.2) is 18.2 Å². The summed E-state index contributed by atoms with van der Waals surface area (Å²) in [6, 6.07) is 5.54. The van der Waals surface area contributed by atoms with Crippen molar-refractivity contribution in [1.82, 2.24) is 4.98 Å². The lowest BCUT2D eigenvalue weighted by atomic mass is 9.99. The zero-order chi connectivity index (χ0) is 13.3. The normalized spacial score (nSPS) is 10.8. The predicted molar refractivity (Wildman–Crippen MR) is 70.8 cm³/mol. The molecule has 1 amide bonds. The van der Waals surface area contributed by atoms with Crippen LogP contribution in [-0.4, -0.2) is 22.6 Å². The molecule has 0 aliphatic rings. The number of fused-ring (bicyclic) bond motifs is 1. The first-order valence-corrected chi connectivity index (χ1v) is 5.91. The van der Waals surface area contributed by atoms with Crippen LogP contribution in [0.3, 0.4) is 0 Å². The molecule has 0 aliphatic carbocycles. The summed E-state index contributed by atoms with van der Waals surface area (Å²) in [6.07, 6.45) is 0.258. The van der Waals surface area contributed by atoms with Crippen molar-refractivity contribution in [1.29, 1.82) is 0 Å². The number of halogens is 1. The number of aliphatic hydroxyl groups is 1. The van der Waals surface area contributed by atoms with Crippen molar-refractivity contribution < 1.29 is 9.90 Å². The molecule has 0 atom stereocenters. The third-order valence-electron chi connectivity index (χ3n) is 2.80. The van der Waals surface area contributed by atoms with E-state index in [1.807, 2.05) is 19.1 Å². The minimum Gasteiger partial charge on any atom is -0.396 e. The number of benzene rings is 1. The van der Waals surface area contributed by atoms with Crippen LogP contribution >= 0.6 is 11.6 Å². The Kier molecular flexibility index (Phi) is 3.50. The second-order valence-electron chi connectivity index (χ2n) is 4.11. The number of aliphatic hydroxyl groups excluding tert-OH is 1. The van der Waals surface area contributed by atoms with Gasteiger partial charge in [-0.2, -0.15) is 0 Å². The molecule has 0 fully saturated rings. The molecule has 94 valence electrons. The van der Waals surface area contributed by atoms with E-state index in [-0.39, 0.29) is 18.2 Å². The van der Waals surface area contributed by atoms with E-state index in [0.717, 1.165) is 5.56 Å². The Bertz CT molecular complexity index is 626. The molecule has 4 nitrogen and oxygen atoms in total. The third kappa shape index (κ3) is 2.17. The largest absolute Gasteiger partial charge is 0.396 e. The standard InChI is InChI=1S/C13H13ClN2O2/c1-7-2-3-10-9(6-7)11(13(15)18)8(4-5-17)12(14)16-10/h2-3,6,17H,4-5H2,1H3,(H2,15,18). The van der Waals surface area contributed by atoms with E-state index in [0.29, 0.717) is 22.0 Å². The third-order valence-corrected chi connectivity index (χ3v) is 3.11. The van der Waals surface area contributed by atoms with Gasteiger partial charge in [-0.05, 0) is 25.5 Å². The quantitative estimate of drug-likeness (QED) is 0.831. The van der Waals surface area contributed by atoms with E-state index in [1.165, 1.54) is 0 Å². The number of rotatable bonds is 3. The second-order valence-corrected chi connectivity index (χ2v) is 4.47. The van der Waals surface area contributed by atoms with Crippen LogP contribution in [0.1, 0.15) is 21.5 Å².